The van der Waals surface area contributed by atoms with Gasteiger partial charge >= 0.3 is 6.18 Å². The van der Waals surface area contributed by atoms with Gasteiger partial charge < -0.3 is 9.47 Å². The number of ether oxygens (including phenoxy) is 2. The zero-order valence-electron chi connectivity index (χ0n) is 13.1. The van der Waals surface area contributed by atoms with Crippen molar-refractivity contribution in [2.75, 3.05) is 13.7 Å². The van der Waals surface area contributed by atoms with Gasteiger partial charge in [0.25, 0.3) is 0 Å². The van der Waals surface area contributed by atoms with E-state index in [1.165, 1.54) is 25.3 Å². The van der Waals surface area contributed by atoms with Gasteiger partial charge in [-0.15, -0.1) is 0 Å². The number of allylic oxidation sites excluding steroid dienone is 3. The van der Waals surface area contributed by atoms with Crippen LogP contribution >= 0.6 is 0 Å². The molecule has 0 amide bonds. The van der Waals surface area contributed by atoms with Crippen LogP contribution in [0.4, 0.5) is 13.2 Å². The molecule has 1 aromatic carbocycles. The van der Waals surface area contributed by atoms with E-state index >= 15 is 0 Å². The summed E-state index contributed by atoms with van der Waals surface area (Å²) in [7, 11) is 1.48. The third kappa shape index (κ3) is 4.83. The Balaban J connectivity index is 3.23. The maximum absolute atomic E-state index is 13.3. The monoisotopic (exact) mass is 314 g/mol. The maximum Gasteiger partial charge on any atom is 0.417 e. The first-order valence-electron chi connectivity index (χ1n) is 7.11. The van der Waals surface area contributed by atoms with Crippen LogP contribution in [-0.2, 0) is 10.9 Å². The molecule has 1 rings (SSSR count). The Morgan fingerprint density at radius 1 is 1.27 bits per heavy atom. The molecule has 0 spiro atoms. The topological polar surface area (TPSA) is 18.5 Å². The van der Waals surface area contributed by atoms with Crippen molar-refractivity contribution in [3.63, 3.8) is 0 Å². The zero-order valence-corrected chi connectivity index (χ0v) is 13.1. The fourth-order valence-electron chi connectivity index (χ4n) is 1.93. The van der Waals surface area contributed by atoms with Gasteiger partial charge in [0.15, 0.2) is 0 Å². The van der Waals surface area contributed by atoms with Gasteiger partial charge in [-0.05, 0) is 35.8 Å². The second-order valence-corrected chi connectivity index (χ2v) is 4.75. The van der Waals surface area contributed by atoms with Crippen LogP contribution in [-0.4, -0.2) is 13.7 Å². The highest BCUT2D eigenvalue weighted by Gasteiger charge is 2.34. The van der Waals surface area contributed by atoms with Crippen molar-refractivity contribution in [1.29, 1.82) is 0 Å². The van der Waals surface area contributed by atoms with Gasteiger partial charge in [0.1, 0.15) is 5.75 Å². The van der Waals surface area contributed by atoms with Gasteiger partial charge in [0.05, 0.1) is 25.0 Å². The zero-order chi connectivity index (χ0) is 16.8. The molecule has 0 saturated heterocycles. The van der Waals surface area contributed by atoms with Crippen molar-refractivity contribution in [2.45, 2.75) is 32.9 Å². The third-order valence-corrected chi connectivity index (χ3v) is 3.06. The molecule has 122 valence electrons. The van der Waals surface area contributed by atoms with E-state index in [0.717, 1.165) is 12.5 Å². The molecule has 0 saturated carbocycles. The molecule has 0 fully saturated rings. The fraction of sp³-hybridized carbons (Fsp3) is 0.412. The van der Waals surface area contributed by atoms with Crippen LogP contribution < -0.4 is 4.74 Å². The van der Waals surface area contributed by atoms with E-state index in [1.54, 1.807) is 0 Å². The van der Waals surface area contributed by atoms with E-state index in [-0.39, 0.29) is 16.9 Å². The Morgan fingerprint density at radius 2 is 1.95 bits per heavy atom. The van der Waals surface area contributed by atoms with Gasteiger partial charge in [-0.25, -0.2) is 0 Å². The number of methoxy groups -OCH3 is 1. The first-order valence-corrected chi connectivity index (χ1v) is 7.11. The molecule has 0 N–H and O–H groups in total. The number of hydrogen-bond donors (Lipinski definition) is 0. The summed E-state index contributed by atoms with van der Waals surface area (Å²) in [5.74, 6) is 0.779. The van der Waals surface area contributed by atoms with Crippen molar-refractivity contribution < 1.29 is 22.6 Å². The number of alkyl halides is 3. The van der Waals surface area contributed by atoms with Crippen LogP contribution in [0.25, 0.3) is 5.57 Å². The minimum absolute atomic E-state index is 0.0272. The van der Waals surface area contributed by atoms with Crippen LogP contribution in [0.5, 0.6) is 5.75 Å². The van der Waals surface area contributed by atoms with Crippen LogP contribution in [0.3, 0.4) is 0 Å². The highest BCUT2D eigenvalue weighted by Crippen LogP contribution is 2.37. The first kappa shape index (κ1) is 18.1. The lowest BCUT2D eigenvalue weighted by atomic mass is 9.99. The van der Waals surface area contributed by atoms with Crippen molar-refractivity contribution in [3.8, 4) is 5.75 Å². The number of hydrogen-bond acceptors (Lipinski definition) is 2. The Bertz CT molecular complexity index is 539. The molecule has 0 unspecified atom stereocenters. The summed E-state index contributed by atoms with van der Waals surface area (Å²) in [6, 6.07) is 3.93. The molecule has 2 nitrogen and oxygen atoms in total. The predicted molar refractivity (Wildman–Crippen MR) is 81.6 cm³/mol. The Kier molecular flexibility index (Phi) is 6.53. The second-order valence-electron chi connectivity index (χ2n) is 4.75. The minimum Gasteiger partial charge on any atom is -0.501 e. The molecule has 5 heteroatoms. The average Bonchev–Trinajstić information content (AvgIpc) is 2.49. The van der Waals surface area contributed by atoms with Crippen LogP contribution in [0.1, 0.15) is 37.8 Å². The molecule has 0 aliphatic carbocycles. The van der Waals surface area contributed by atoms with Gasteiger partial charge in [0.2, 0.25) is 0 Å². The molecule has 0 heterocycles. The standard InChI is InChI=1S/C17H21F3O2/c1-5-9-22-14-7-8-15(16(11-14)17(18,19)20)12(3)10-13(6-2)21-4/h7-8,10-11H,3,5-6,9H2,1-2,4H3/b13-10-. The van der Waals surface area contributed by atoms with Crippen LogP contribution in [0, 0.1) is 0 Å². The SMILES string of the molecule is C=C(/C=C(/CC)OC)c1ccc(OCCC)cc1C(F)(F)F. The second kappa shape index (κ2) is 7.92. The van der Waals surface area contributed by atoms with Crippen molar-refractivity contribution in [1.82, 2.24) is 0 Å². The van der Waals surface area contributed by atoms with E-state index < -0.39 is 11.7 Å². The molecule has 0 aliphatic heterocycles. The van der Waals surface area contributed by atoms with Gasteiger partial charge in [-0.2, -0.15) is 13.2 Å². The number of benzene rings is 1. The molecule has 0 bridgehead atoms. The van der Waals surface area contributed by atoms with Crippen molar-refractivity contribution in [2.24, 2.45) is 0 Å². The number of halogens is 3. The average molecular weight is 314 g/mol. The smallest absolute Gasteiger partial charge is 0.417 e. The van der Waals surface area contributed by atoms with Crippen LogP contribution in [0.2, 0.25) is 0 Å². The normalized spacial score (nSPS) is 12.2. The Morgan fingerprint density at radius 3 is 2.45 bits per heavy atom. The number of rotatable bonds is 7. The lowest BCUT2D eigenvalue weighted by molar-refractivity contribution is -0.137. The Hall–Kier alpha value is -1.91. The molecule has 1 aromatic rings. The highest BCUT2D eigenvalue weighted by atomic mass is 19.4. The van der Waals surface area contributed by atoms with Gasteiger partial charge in [-0.1, -0.05) is 26.5 Å². The summed E-state index contributed by atoms with van der Waals surface area (Å²) < 4.78 is 50.2. The molecule has 0 atom stereocenters. The van der Waals surface area contributed by atoms with E-state index in [9.17, 15) is 13.2 Å². The minimum atomic E-state index is -4.48. The van der Waals surface area contributed by atoms with Gasteiger partial charge in [0, 0.05) is 6.42 Å². The molecule has 0 radical (unpaired) electrons. The summed E-state index contributed by atoms with van der Waals surface area (Å²) in [6.07, 6.45) is -1.64. The maximum atomic E-state index is 13.3. The summed E-state index contributed by atoms with van der Waals surface area (Å²) in [5.41, 5.74) is -0.471. The lowest BCUT2D eigenvalue weighted by Crippen LogP contribution is -2.09. The molecular weight excluding hydrogens is 293 g/mol. The van der Waals surface area contributed by atoms with Gasteiger partial charge in [-0.3, -0.25) is 0 Å². The predicted octanol–water partition coefficient (Wildman–Crippen LogP) is 5.45. The first-order chi connectivity index (χ1) is 10.3. The summed E-state index contributed by atoms with van der Waals surface area (Å²) in [5, 5.41) is 0. The fourth-order valence-corrected chi connectivity index (χ4v) is 1.93. The van der Waals surface area contributed by atoms with Crippen molar-refractivity contribution in [3.05, 3.63) is 47.7 Å². The summed E-state index contributed by atoms with van der Waals surface area (Å²) in [4.78, 5) is 0. The van der Waals surface area contributed by atoms with E-state index in [1.807, 2.05) is 13.8 Å². The third-order valence-electron chi connectivity index (χ3n) is 3.06. The van der Waals surface area contributed by atoms with Crippen molar-refractivity contribution >= 4 is 5.57 Å². The summed E-state index contributed by atoms with van der Waals surface area (Å²) >= 11 is 0. The quantitative estimate of drug-likeness (QED) is 0.492. The molecule has 0 aromatic heterocycles. The summed E-state index contributed by atoms with van der Waals surface area (Å²) in [6.45, 7) is 7.85. The largest absolute Gasteiger partial charge is 0.501 e. The molecule has 22 heavy (non-hydrogen) atoms. The molecule has 0 aliphatic rings. The highest BCUT2D eigenvalue weighted by molar-refractivity contribution is 5.75. The Labute approximate surface area is 129 Å². The van der Waals surface area contributed by atoms with E-state index in [4.69, 9.17) is 9.47 Å². The van der Waals surface area contributed by atoms with E-state index in [0.29, 0.717) is 18.8 Å². The van der Waals surface area contributed by atoms with E-state index in [2.05, 4.69) is 6.58 Å². The lowest BCUT2D eigenvalue weighted by Gasteiger charge is -2.16. The molecular formula is C17H21F3O2. The van der Waals surface area contributed by atoms with Crippen LogP contribution in [0.15, 0.2) is 36.6 Å².